The minimum Gasteiger partial charge on any atom is -0.333 e. The van der Waals surface area contributed by atoms with E-state index in [0.717, 1.165) is 28.1 Å². The highest BCUT2D eigenvalue weighted by molar-refractivity contribution is 5.98. The second-order valence-electron chi connectivity index (χ2n) is 6.88. The summed E-state index contributed by atoms with van der Waals surface area (Å²) in [5.74, 6) is -0.492. The lowest BCUT2D eigenvalue weighted by Crippen LogP contribution is -2.34. The molecule has 29 heavy (non-hydrogen) atoms. The molecule has 0 saturated heterocycles. The molecule has 3 rings (SSSR count). The van der Waals surface area contributed by atoms with Gasteiger partial charge in [-0.25, -0.2) is 4.68 Å². The number of hydrogen-bond acceptors (Lipinski definition) is 3. The van der Waals surface area contributed by atoms with Gasteiger partial charge < -0.3 is 10.2 Å². The molecule has 0 aliphatic heterocycles. The van der Waals surface area contributed by atoms with Crippen LogP contribution in [0.1, 0.15) is 16.7 Å². The molecule has 6 nitrogen and oxygen atoms in total. The molecule has 0 spiro atoms. The topological polar surface area (TPSA) is 67.2 Å². The zero-order valence-corrected chi connectivity index (χ0v) is 16.8. The summed E-state index contributed by atoms with van der Waals surface area (Å²) in [5.41, 5.74) is 4.63. The Bertz CT molecular complexity index is 1040. The number of likely N-dealkylation sites (N-methyl/N-ethyl adjacent to an activating group) is 1. The Morgan fingerprint density at radius 2 is 1.86 bits per heavy atom. The van der Waals surface area contributed by atoms with E-state index in [0.29, 0.717) is 0 Å². The van der Waals surface area contributed by atoms with Crippen LogP contribution in [0.2, 0.25) is 0 Å². The van der Waals surface area contributed by atoms with E-state index in [1.807, 2.05) is 68.6 Å². The number of aryl methyl sites for hydroxylation is 1. The Balaban J connectivity index is 1.57. The fourth-order valence-electron chi connectivity index (χ4n) is 2.81. The van der Waals surface area contributed by atoms with Crippen molar-refractivity contribution in [3.63, 3.8) is 0 Å². The van der Waals surface area contributed by atoms with Crippen molar-refractivity contribution in [2.24, 2.45) is 0 Å². The molecule has 3 aromatic rings. The second-order valence-corrected chi connectivity index (χ2v) is 6.88. The van der Waals surface area contributed by atoms with E-state index < -0.39 is 0 Å². The number of anilines is 1. The van der Waals surface area contributed by atoms with Crippen LogP contribution in [-0.2, 0) is 9.59 Å². The number of nitrogens with one attached hydrogen (secondary N) is 1. The van der Waals surface area contributed by atoms with Crippen molar-refractivity contribution in [2.45, 2.75) is 13.8 Å². The number of benzene rings is 2. The first-order valence-corrected chi connectivity index (χ1v) is 9.33. The molecule has 1 aromatic heterocycles. The normalized spacial score (nSPS) is 10.9. The third-order valence-corrected chi connectivity index (χ3v) is 4.68. The predicted molar refractivity (Wildman–Crippen MR) is 115 cm³/mol. The maximum atomic E-state index is 12.3. The minimum absolute atomic E-state index is 0.0279. The summed E-state index contributed by atoms with van der Waals surface area (Å²) in [7, 11) is 1.60. The highest BCUT2D eigenvalue weighted by atomic mass is 16.2. The smallest absolute Gasteiger partial charge is 0.246 e. The highest BCUT2D eigenvalue weighted by Crippen LogP contribution is 2.17. The molecule has 0 aliphatic carbocycles. The van der Waals surface area contributed by atoms with Crippen LogP contribution in [0.15, 0.2) is 67.0 Å². The lowest BCUT2D eigenvalue weighted by molar-refractivity contribution is -0.129. The van der Waals surface area contributed by atoms with Crippen molar-refractivity contribution < 1.29 is 9.59 Å². The number of aromatic nitrogens is 2. The Labute approximate surface area is 170 Å². The fourth-order valence-corrected chi connectivity index (χ4v) is 2.81. The molecule has 0 aliphatic rings. The molecule has 0 bridgehead atoms. The van der Waals surface area contributed by atoms with Crippen molar-refractivity contribution in [2.75, 3.05) is 18.9 Å². The Morgan fingerprint density at radius 3 is 2.62 bits per heavy atom. The van der Waals surface area contributed by atoms with Crippen LogP contribution < -0.4 is 5.32 Å². The third kappa shape index (κ3) is 5.19. The monoisotopic (exact) mass is 388 g/mol. The number of carbonyl (C=O) groups is 2. The van der Waals surface area contributed by atoms with Crippen LogP contribution >= 0.6 is 0 Å². The van der Waals surface area contributed by atoms with Gasteiger partial charge >= 0.3 is 0 Å². The van der Waals surface area contributed by atoms with Crippen LogP contribution in [0.4, 0.5) is 5.69 Å². The van der Waals surface area contributed by atoms with Gasteiger partial charge in [-0.05, 0) is 49.2 Å². The largest absolute Gasteiger partial charge is 0.333 e. The van der Waals surface area contributed by atoms with Crippen LogP contribution in [-0.4, -0.2) is 40.1 Å². The van der Waals surface area contributed by atoms with Crippen LogP contribution in [0.5, 0.6) is 0 Å². The van der Waals surface area contributed by atoms with Crippen LogP contribution in [0.25, 0.3) is 11.8 Å². The number of para-hydroxylation sites is 1. The third-order valence-electron chi connectivity index (χ3n) is 4.68. The SMILES string of the molecule is Cc1cccc(NC(=O)CN(C)C(=O)/C=C/c2cnn(-c3ccccc3)c2)c1C. The van der Waals surface area contributed by atoms with Gasteiger partial charge in [-0.3, -0.25) is 9.59 Å². The molecule has 2 amide bonds. The Hall–Kier alpha value is -3.67. The summed E-state index contributed by atoms with van der Waals surface area (Å²) in [4.78, 5) is 26.0. The molecule has 0 fully saturated rings. The average Bonchev–Trinajstić information content (AvgIpc) is 3.19. The van der Waals surface area contributed by atoms with Gasteiger partial charge in [0.1, 0.15) is 0 Å². The van der Waals surface area contributed by atoms with E-state index >= 15 is 0 Å². The molecule has 0 atom stereocenters. The highest BCUT2D eigenvalue weighted by Gasteiger charge is 2.12. The van der Waals surface area contributed by atoms with E-state index in [9.17, 15) is 9.59 Å². The summed E-state index contributed by atoms with van der Waals surface area (Å²) < 4.78 is 1.74. The first-order chi connectivity index (χ1) is 13.9. The number of carbonyl (C=O) groups excluding carboxylic acids is 2. The van der Waals surface area contributed by atoms with E-state index in [-0.39, 0.29) is 18.4 Å². The Morgan fingerprint density at radius 1 is 1.10 bits per heavy atom. The van der Waals surface area contributed by atoms with Crippen LogP contribution in [0.3, 0.4) is 0 Å². The molecule has 1 heterocycles. The van der Waals surface area contributed by atoms with Crippen molar-refractivity contribution in [3.05, 3.63) is 83.7 Å². The van der Waals surface area contributed by atoms with E-state index in [2.05, 4.69) is 10.4 Å². The standard InChI is InChI=1S/C23H24N4O2/c1-17-8-7-11-21(18(17)2)25-22(28)16-26(3)23(29)13-12-19-14-24-27(15-19)20-9-5-4-6-10-20/h4-15H,16H2,1-3H3,(H,25,28)/b13-12+. The number of hydrogen-bond donors (Lipinski definition) is 1. The van der Waals surface area contributed by atoms with Gasteiger partial charge in [0.25, 0.3) is 0 Å². The molecule has 0 unspecified atom stereocenters. The maximum Gasteiger partial charge on any atom is 0.246 e. The van der Waals surface area contributed by atoms with Crippen molar-refractivity contribution in [1.82, 2.24) is 14.7 Å². The van der Waals surface area contributed by atoms with E-state index in [4.69, 9.17) is 0 Å². The maximum absolute atomic E-state index is 12.3. The molecular weight excluding hydrogens is 364 g/mol. The molecule has 0 radical (unpaired) electrons. The number of amides is 2. The summed E-state index contributed by atoms with van der Waals surface area (Å²) in [6.07, 6.45) is 6.65. The zero-order chi connectivity index (χ0) is 20.8. The molecule has 0 saturated carbocycles. The van der Waals surface area contributed by atoms with Crippen molar-refractivity contribution in [1.29, 1.82) is 0 Å². The molecule has 2 aromatic carbocycles. The van der Waals surface area contributed by atoms with E-state index in [1.165, 1.54) is 11.0 Å². The first-order valence-electron chi connectivity index (χ1n) is 9.33. The van der Waals surface area contributed by atoms with Gasteiger partial charge in [0.2, 0.25) is 11.8 Å². The van der Waals surface area contributed by atoms with Gasteiger partial charge in [0.05, 0.1) is 18.4 Å². The van der Waals surface area contributed by atoms with Crippen molar-refractivity contribution in [3.8, 4) is 5.69 Å². The zero-order valence-electron chi connectivity index (χ0n) is 16.8. The molecular formula is C23H24N4O2. The van der Waals surface area contributed by atoms with Crippen molar-refractivity contribution >= 4 is 23.6 Å². The van der Waals surface area contributed by atoms with Gasteiger partial charge in [0, 0.05) is 30.6 Å². The first kappa shape index (κ1) is 20.1. The Kier molecular flexibility index (Phi) is 6.24. The molecule has 6 heteroatoms. The quantitative estimate of drug-likeness (QED) is 0.656. The number of nitrogens with zero attached hydrogens (tertiary/aromatic N) is 3. The summed E-state index contributed by atoms with van der Waals surface area (Å²) in [6, 6.07) is 15.5. The van der Waals surface area contributed by atoms with Gasteiger partial charge in [-0.15, -0.1) is 0 Å². The molecule has 1 N–H and O–H groups in total. The van der Waals surface area contributed by atoms with Gasteiger partial charge in [-0.2, -0.15) is 5.10 Å². The van der Waals surface area contributed by atoms with Gasteiger partial charge in [0.15, 0.2) is 0 Å². The lowest BCUT2D eigenvalue weighted by atomic mass is 10.1. The minimum atomic E-state index is -0.256. The predicted octanol–water partition coefficient (Wildman–Crippen LogP) is 3.60. The summed E-state index contributed by atoms with van der Waals surface area (Å²) >= 11 is 0. The number of rotatable bonds is 6. The fraction of sp³-hybridized carbons (Fsp3) is 0.174. The van der Waals surface area contributed by atoms with Gasteiger partial charge in [-0.1, -0.05) is 30.3 Å². The summed E-state index contributed by atoms with van der Waals surface area (Å²) in [5, 5.41) is 7.16. The summed E-state index contributed by atoms with van der Waals surface area (Å²) in [6.45, 7) is 3.92. The average molecular weight is 388 g/mol. The molecule has 148 valence electrons. The second kappa shape index (κ2) is 9.01. The van der Waals surface area contributed by atoms with Crippen LogP contribution in [0, 0.1) is 13.8 Å². The van der Waals surface area contributed by atoms with E-state index in [1.54, 1.807) is 24.0 Å². The lowest BCUT2D eigenvalue weighted by Gasteiger charge is -2.16.